The first-order valence-corrected chi connectivity index (χ1v) is 7.75. The molecule has 1 fully saturated rings. The molecule has 2 heterocycles. The van der Waals surface area contributed by atoms with Gasteiger partial charge in [0.2, 0.25) is 0 Å². The standard InChI is InChI=1S/C18H17FN4O/c1-13-10-14(11-20)12-21-17(13)22-6-8-23(9-7-22)18(24)15-4-2-3-5-16(15)19/h2-5,10,12H,6-9H2,1H3. The van der Waals surface area contributed by atoms with E-state index in [1.807, 2.05) is 6.92 Å². The highest BCUT2D eigenvalue weighted by Crippen LogP contribution is 2.20. The summed E-state index contributed by atoms with van der Waals surface area (Å²) in [6.45, 7) is 4.18. The van der Waals surface area contributed by atoms with Crippen molar-refractivity contribution in [3.05, 3.63) is 59.0 Å². The SMILES string of the molecule is Cc1cc(C#N)cnc1N1CCN(C(=O)c2ccccc2F)CC1. The van der Waals surface area contributed by atoms with Crippen LogP contribution < -0.4 is 4.90 Å². The Balaban J connectivity index is 1.69. The lowest BCUT2D eigenvalue weighted by molar-refractivity contribution is 0.0742. The molecule has 0 N–H and O–H groups in total. The largest absolute Gasteiger partial charge is 0.353 e. The Morgan fingerprint density at radius 3 is 2.58 bits per heavy atom. The van der Waals surface area contributed by atoms with Crippen molar-refractivity contribution in [3.8, 4) is 6.07 Å². The fourth-order valence-corrected chi connectivity index (χ4v) is 2.89. The van der Waals surface area contributed by atoms with Crippen LogP contribution in [0, 0.1) is 24.1 Å². The van der Waals surface area contributed by atoms with Crippen LogP contribution in [0.5, 0.6) is 0 Å². The number of amides is 1. The van der Waals surface area contributed by atoms with Gasteiger partial charge in [0.05, 0.1) is 11.1 Å². The first kappa shape index (κ1) is 15.9. The zero-order valence-electron chi connectivity index (χ0n) is 13.4. The van der Waals surface area contributed by atoms with Crippen LogP contribution >= 0.6 is 0 Å². The minimum atomic E-state index is -0.491. The van der Waals surface area contributed by atoms with Gasteiger partial charge in [-0.25, -0.2) is 9.37 Å². The van der Waals surface area contributed by atoms with Gasteiger partial charge in [-0.05, 0) is 30.7 Å². The predicted molar refractivity (Wildman–Crippen MR) is 88.2 cm³/mol. The number of carbonyl (C=O) groups is 1. The van der Waals surface area contributed by atoms with Crippen molar-refractivity contribution in [2.75, 3.05) is 31.1 Å². The first-order chi connectivity index (χ1) is 11.6. The molecule has 0 aliphatic carbocycles. The van der Waals surface area contributed by atoms with Crippen molar-refractivity contribution in [1.82, 2.24) is 9.88 Å². The molecule has 0 radical (unpaired) electrons. The molecule has 122 valence electrons. The number of hydrogen-bond acceptors (Lipinski definition) is 4. The van der Waals surface area contributed by atoms with Crippen molar-refractivity contribution >= 4 is 11.7 Å². The van der Waals surface area contributed by atoms with Crippen LogP contribution in [0.4, 0.5) is 10.2 Å². The lowest BCUT2D eigenvalue weighted by Gasteiger charge is -2.36. The van der Waals surface area contributed by atoms with Gasteiger partial charge in [-0.1, -0.05) is 12.1 Å². The smallest absolute Gasteiger partial charge is 0.256 e. The fraction of sp³-hybridized carbons (Fsp3) is 0.278. The third kappa shape index (κ3) is 3.06. The van der Waals surface area contributed by atoms with E-state index in [2.05, 4.69) is 16.0 Å². The summed E-state index contributed by atoms with van der Waals surface area (Å²) in [7, 11) is 0. The molecule has 2 aromatic rings. The average Bonchev–Trinajstić information content (AvgIpc) is 2.61. The lowest BCUT2D eigenvalue weighted by Crippen LogP contribution is -2.49. The Kier molecular flexibility index (Phi) is 4.43. The highest BCUT2D eigenvalue weighted by atomic mass is 19.1. The molecule has 1 aromatic heterocycles. The third-order valence-electron chi connectivity index (χ3n) is 4.15. The molecular weight excluding hydrogens is 307 g/mol. The Morgan fingerprint density at radius 1 is 1.25 bits per heavy atom. The highest BCUT2D eigenvalue weighted by Gasteiger charge is 2.25. The number of pyridine rings is 1. The summed E-state index contributed by atoms with van der Waals surface area (Å²) in [5, 5.41) is 8.91. The van der Waals surface area contributed by atoms with Crippen molar-refractivity contribution in [2.45, 2.75) is 6.92 Å². The Bertz CT molecular complexity index is 807. The van der Waals surface area contributed by atoms with E-state index in [1.165, 1.54) is 12.1 Å². The van der Waals surface area contributed by atoms with Gasteiger partial charge in [-0.15, -0.1) is 0 Å². The van der Waals surface area contributed by atoms with Crippen molar-refractivity contribution in [3.63, 3.8) is 0 Å². The Labute approximate surface area is 139 Å². The molecule has 3 rings (SSSR count). The monoisotopic (exact) mass is 324 g/mol. The number of anilines is 1. The van der Waals surface area contributed by atoms with Gasteiger partial charge in [-0.2, -0.15) is 5.26 Å². The van der Waals surface area contributed by atoms with E-state index in [4.69, 9.17) is 5.26 Å². The maximum atomic E-state index is 13.8. The van der Waals surface area contributed by atoms with Gasteiger partial charge < -0.3 is 9.80 Å². The lowest BCUT2D eigenvalue weighted by atomic mass is 10.1. The van der Waals surface area contributed by atoms with Crippen LogP contribution in [0.15, 0.2) is 36.5 Å². The molecule has 1 aromatic carbocycles. The normalized spacial score (nSPS) is 14.4. The molecule has 0 unspecified atom stereocenters. The van der Waals surface area contributed by atoms with Gasteiger partial charge >= 0.3 is 0 Å². The number of rotatable bonds is 2. The molecule has 1 aliphatic rings. The van der Waals surface area contributed by atoms with Crippen molar-refractivity contribution in [1.29, 1.82) is 5.26 Å². The predicted octanol–water partition coefficient (Wildman–Crippen LogP) is 2.36. The molecule has 0 atom stereocenters. The summed E-state index contributed by atoms with van der Waals surface area (Å²) in [6, 6.07) is 9.92. The van der Waals surface area contributed by atoms with Gasteiger partial charge in [0.15, 0.2) is 0 Å². The summed E-state index contributed by atoms with van der Waals surface area (Å²) < 4.78 is 13.8. The molecule has 5 nitrogen and oxygen atoms in total. The number of halogens is 1. The summed E-state index contributed by atoms with van der Waals surface area (Å²) in [5.74, 6) is 0.0544. The maximum Gasteiger partial charge on any atom is 0.256 e. The second kappa shape index (κ2) is 6.67. The van der Waals surface area contributed by atoms with E-state index < -0.39 is 5.82 Å². The fourth-order valence-electron chi connectivity index (χ4n) is 2.89. The Morgan fingerprint density at radius 2 is 1.96 bits per heavy atom. The van der Waals surface area contributed by atoms with E-state index in [-0.39, 0.29) is 11.5 Å². The molecule has 0 spiro atoms. The zero-order valence-corrected chi connectivity index (χ0v) is 13.4. The van der Waals surface area contributed by atoms with Crippen LogP contribution in [0.2, 0.25) is 0 Å². The highest BCUT2D eigenvalue weighted by molar-refractivity contribution is 5.94. The number of piperazine rings is 1. The van der Waals surface area contributed by atoms with Gasteiger partial charge in [0.25, 0.3) is 5.91 Å². The van der Waals surface area contributed by atoms with E-state index in [0.29, 0.717) is 31.7 Å². The van der Waals surface area contributed by atoms with Crippen molar-refractivity contribution < 1.29 is 9.18 Å². The molecule has 6 heteroatoms. The molecule has 24 heavy (non-hydrogen) atoms. The second-order valence-corrected chi connectivity index (χ2v) is 5.74. The minimum absolute atomic E-state index is 0.110. The number of aryl methyl sites for hydroxylation is 1. The average molecular weight is 324 g/mol. The molecular formula is C18H17FN4O. The number of aromatic nitrogens is 1. The quantitative estimate of drug-likeness (QED) is 0.851. The van der Waals surface area contributed by atoms with E-state index >= 15 is 0 Å². The van der Waals surface area contributed by atoms with Gasteiger partial charge in [-0.3, -0.25) is 4.79 Å². The zero-order chi connectivity index (χ0) is 17.1. The van der Waals surface area contributed by atoms with Crippen molar-refractivity contribution in [2.24, 2.45) is 0 Å². The molecule has 1 aliphatic heterocycles. The maximum absolute atomic E-state index is 13.8. The van der Waals surface area contributed by atoms with Gasteiger partial charge in [0, 0.05) is 32.4 Å². The van der Waals surface area contributed by atoms with Crippen LogP contribution in [0.1, 0.15) is 21.5 Å². The number of carbonyl (C=O) groups excluding carboxylic acids is 1. The summed E-state index contributed by atoms with van der Waals surface area (Å²) in [4.78, 5) is 20.5. The van der Waals surface area contributed by atoms with E-state index in [1.54, 1.807) is 29.3 Å². The van der Waals surface area contributed by atoms with Gasteiger partial charge in [0.1, 0.15) is 17.7 Å². The number of nitriles is 1. The molecule has 0 saturated carbocycles. The number of benzene rings is 1. The minimum Gasteiger partial charge on any atom is -0.353 e. The summed E-state index contributed by atoms with van der Waals surface area (Å²) in [6.07, 6.45) is 1.55. The molecule has 1 saturated heterocycles. The third-order valence-corrected chi connectivity index (χ3v) is 4.15. The van der Waals surface area contributed by atoms with Crippen LogP contribution in [-0.2, 0) is 0 Å². The second-order valence-electron chi connectivity index (χ2n) is 5.74. The molecule has 0 bridgehead atoms. The van der Waals surface area contributed by atoms with Crippen LogP contribution in [0.25, 0.3) is 0 Å². The number of nitrogens with zero attached hydrogens (tertiary/aromatic N) is 4. The number of hydrogen-bond donors (Lipinski definition) is 0. The molecule has 1 amide bonds. The van der Waals surface area contributed by atoms with E-state index in [0.717, 1.165) is 11.4 Å². The summed E-state index contributed by atoms with van der Waals surface area (Å²) >= 11 is 0. The van der Waals surface area contributed by atoms with E-state index in [9.17, 15) is 9.18 Å². The van der Waals surface area contributed by atoms with Crippen LogP contribution in [0.3, 0.4) is 0 Å². The van der Waals surface area contributed by atoms with Crippen LogP contribution in [-0.4, -0.2) is 42.0 Å². The summed E-state index contributed by atoms with van der Waals surface area (Å²) in [5.41, 5.74) is 1.58. The Hall–Kier alpha value is -2.94. The topological polar surface area (TPSA) is 60.2 Å². The first-order valence-electron chi connectivity index (χ1n) is 7.75.